The highest BCUT2D eigenvalue weighted by atomic mass is 19.1. The Morgan fingerprint density at radius 2 is 1.76 bits per heavy atom. The summed E-state index contributed by atoms with van der Waals surface area (Å²) in [6.07, 6.45) is 3.23. The van der Waals surface area contributed by atoms with Gasteiger partial charge < -0.3 is 10.6 Å². The fraction of sp³-hybridized carbons (Fsp3) is 0.118. The zero-order chi connectivity index (χ0) is 15.2. The van der Waals surface area contributed by atoms with Crippen molar-refractivity contribution in [2.45, 2.75) is 6.92 Å². The van der Waals surface area contributed by atoms with Crippen LogP contribution in [-0.2, 0) is 4.79 Å². The van der Waals surface area contributed by atoms with Crippen LogP contribution < -0.4 is 10.6 Å². The molecule has 0 aliphatic rings. The van der Waals surface area contributed by atoms with Gasteiger partial charge in [-0.3, -0.25) is 4.79 Å². The van der Waals surface area contributed by atoms with Crippen molar-refractivity contribution in [1.29, 1.82) is 0 Å². The van der Waals surface area contributed by atoms with Crippen molar-refractivity contribution in [3.8, 4) is 0 Å². The summed E-state index contributed by atoms with van der Waals surface area (Å²) in [5.41, 5.74) is 7.86. The molecule has 0 aliphatic heterocycles. The summed E-state index contributed by atoms with van der Waals surface area (Å²) >= 11 is 0. The van der Waals surface area contributed by atoms with E-state index in [0.29, 0.717) is 17.9 Å². The molecular weight excluding hydrogens is 267 g/mol. The number of rotatable bonds is 4. The lowest BCUT2D eigenvalue weighted by Gasteiger charge is -2.19. The van der Waals surface area contributed by atoms with Crippen molar-refractivity contribution in [3.05, 3.63) is 66.0 Å². The Balaban J connectivity index is 2.13. The summed E-state index contributed by atoms with van der Waals surface area (Å²) in [7, 11) is 0. The number of nitrogen functional groups attached to an aromatic ring is 1. The molecule has 0 aliphatic carbocycles. The summed E-state index contributed by atoms with van der Waals surface area (Å²) in [5.74, 6) is -0.472. The van der Waals surface area contributed by atoms with Crippen molar-refractivity contribution in [2.24, 2.45) is 0 Å². The van der Waals surface area contributed by atoms with Gasteiger partial charge in [0.05, 0.1) is 0 Å². The number of benzene rings is 2. The monoisotopic (exact) mass is 284 g/mol. The first-order chi connectivity index (χ1) is 10.1. The first-order valence-corrected chi connectivity index (χ1v) is 6.71. The Kier molecular flexibility index (Phi) is 4.72. The maximum absolute atomic E-state index is 12.9. The number of carbonyl (C=O) groups excluding carboxylic acids is 1. The molecule has 2 N–H and O–H groups in total. The first kappa shape index (κ1) is 14.8. The molecule has 0 fully saturated rings. The number of halogens is 1. The summed E-state index contributed by atoms with van der Waals surface area (Å²) in [6.45, 7) is 2.38. The number of carbonyl (C=O) groups is 1. The fourth-order valence-electron chi connectivity index (χ4n) is 1.95. The third kappa shape index (κ3) is 3.92. The average Bonchev–Trinajstić information content (AvgIpc) is 2.49. The molecule has 108 valence electrons. The van der Waals surface area contributed by atoms with E-state index in [1.807, 2.05) is 19.1 Å². The molecule has 0 aromatic heterocycles. The van der Waals surface area contributed by atoms with Crippen molar-refractivity contribution in [3.63, 3.8) is 0 Å². The highest BCUT2D eigenvalue weighted by Crippen LogP contribution is 2.15. The van der Waals surface area contributed by atoms with Crippen LogP contribution in [0.2, 0.25) is 0 Å². The second-order valence-electron chi connectivity index (χ2n) is 4.56. The van der Waals surface area contributed by atoms with E-state index >= 15 is 0 Å². The molecule has 0 saturated carbocycles. The van der Waals surface area contributed by atoms with E-state index in [-0.39, 0.29) is 11.7 Å². The number of hydrogen-bond donors (Lipinski definition) is 1. The topological polar surface area (TPSA) is 46.3 Å². The number of nitrogens with zero attached hydrogens (tertiary/aromatic N) is 1. The third-order valence-electron chi connectivity index (χ3n) is 3.08. The molecular formula is C17H17FN2O. The van der Waals surface area contributed by atoms with E-state index in [1.54, 1.807) is 35.2 Å². The zero-order valence-corrected chi connectivity index (χ0v) is 11.8. The Hall–Kier alpha value is -2.62. The van der Waals surface area contributed by atoms with Gasteiger partial charge in [0, 0.05) is 24.0 Å². The van der Waals surface area contributed by atoms with Gasteiger partial charge in [-0.15, -0.1) is 0 Å². The minimum absolute atomic E-state index is 0.152. The molecule has 0 spiro atoms. The van der Waals surface area contributed by atoms with E-state index in [4.69, 9.17) is 5.73 Å². The quantitative estimate of drug-likeness (QED) is 0.690. The normalized spacial score (nSPS) is 10.8. The summed E-state index contributed by atoms with van der Waals surface area (Å²) < 4.78 is 12.9. The molecule has 2 rings (SSSR count). The first-order valence-electron chi connectivity index (χ1n) is 6.71. The molecule has 0 heterocycles. The molecule has 0 radical (unpaired) electrons. The van der Waals surface area contributed by atoms with Crippen LogP contribution in [0, 0.1) is 5.82 Å². The van der Waals surface area contributed by atoms with Crippen LogP contribution in [0.3, 0.4) is 0 Å². The van der Waals surface area contributed by atoms with Gasteiger partial charge in [0.25, 0.3) is 5.91 Å². The molecule has 21 heavy (non-hydrogen) atoms. The maximum Gasteiger partial charge on any atom is 0.250 e. The van der Waals surface area contributed by atoms with Crippen molar-refractivity contribution in [1.82, 2.24) is 0 Å². The summed E-state index contributed by atoms with van der Waals surface area (Å²) in [5, 5.41) is 0. The molecule has 0 bridgehead atoms. The Morgan fingerprint density at radius 3 is 2.33 bits per heavy atom. The van der Waals surface area contributed by atoms with Gasteiger partial charge in [0.1, 0.15) is 5.82 Å². The van der Waals surface area contributed by atoms with Crippen molar-refractivity contribution >= 4 is 23.4 Å². The SMILES string of the molecule is CCN(C(=O)/C=C/c1ccc(N)cc1)c1ccc(F)cc1. The molecule has 0 saturated heterocycles. The maximum atomic E-state index is 12.9. The Bertz CT molecular complexity index is 633. The molecule has 2 aromatic rings. The van der Waals surface area contributed by atoms with Gasteiger partial charge in [-0.05, 0) is 55.0 Å². The number of anilines is 2. The van der Waals surface area contributed by atoms with Gasteiger partial charge in [-0.25, -0.2) is 4.39 Å². The summed E-state index contributed by atoms with van der Waals surface area (Å²) in [6, 6.07) is 13.1. The van der Waals surface area contributed by atoms with Crippen LogP contribution in [0.5, 0.6) is 0 Å². The van der Waals surface area contributed by atoms with Crippen LogP contribution >= 0.6 is 0 Å². The third-order valence-corrected chi connectivity index (χ3v) is 3.08. The zero-order valence-electron chi connectivity index (χ0n) is 11.8. The molecule has 1 amide bonds. The average molecular weight is 284 g/mol. The van der Waals surface area contributed by atoms with Gasteiger partial charge >= 0.3 is 0 Å². The van der Waals surface area contributed by atoms with E-state index in [1.165, 1.54) is 18.2 Å². The van der Waals surface area contributed by atoms with Crippen LogP contribution in [0.15, 0.2) is 54.6 Å². The van der Waals surface area contributed by atoms with Crippen molar-refractivity contribution in [2.75, 3.05) is 17.2 Å². The van der Waals surface area contributed by atoms with Crippen molar-refractivity contribution < 1.29 is 9.18 Å². The second kappa shape index (κ2) is 6.70. The number of hydrogen-bond acceptors (Lipinski definition) is 2. The number of nitrogens with two attached hydrogens (primary N) is 1. The van der Waals surface area contributed by atoms with Crippen LogP contribution in [0.25, 0.3) is 6.08 Å². The van der Waals surface area contributed by atoms with Gasteiger partial charge in [-0.1, -0.05) is 12.1 Å². The van der Waals surface area contributed by atoms with E-state index in [0.717, 1.165) is 5.56 Å². The van der Waals surface area contributed by atoms with Crippen LogP contribution in [0.4, 0.5) is 15.8 Å². The number of amides is 1. The fourth-order valence-corrected chi connectivity index (χ4v) is 1.95. The second-order valence-corrected chi connectivity index (χ2v) is 4.56. The van der Waals surface area contributed by atoms with Crippen LogP contribution in [-0.4, -0.2) is 12.5 Å². The smallest absolute Gasteiger partial charge is 0.250 e. The largest absolute Gasteiger partial charge is 0.399 e. The Labute approximate surface area is 123 Å². The Morgan fingerprint density at radius 1 is 1.14 bits per heavy atom. The molecule has 2 aromatic carbocycles. The lowest BCUT2D eigenvalue weighted by molar-refractivity contribution is -0.114. The van der Waals surface area contributed by atoms with E-state index in [9.17, 15) is 9.18 Å². The highest BCUT2D eigenvalue weighted by Gasteiger charge is 2.10. The molecule has 4 heteroatoms. The minimum Gasteiger partial charge on any atom is -0.399 e. The minimum atomic E-state index is -0.320. The standard InChI is InChI=1S/C17H17FN2O/c1-2-20(16-10-6-14(18)7-11-16)17(21)12-5-13-3-8-15(19)9-4-13/h3-12H,2,19H2,1H3/b12-5+. The number of likely N-dealkylation sites (N-methyl/N-ethyl adjacent to an activating group) is 1. The van der Waals surface area contributed by atoms with Gasteiger partial charge in [0.2, 0.25) is 0 Å². The summed E-state index contributed by atoms with van der Waals surface area (Å²) in [4.78, 5) is 13.8. The highest BCUT2D eigenvalue weighted by molar-refractivity contribution is 6.03. The van der Waals surface area contributed by atoms with Gasteiger partial charge in [0.15, 0.2) is 0 Å². The predicted molar refractivity (Wildman–Crippen MR) is 84.3 cm³/mol. The molecule has 0 atom stereocenters. The molecule has 3 nitrogen and oxygen atoms in total. The van der Waals surface area contributed by atoms with E-state index in [2.05, 4.69) is 0 Å². The van der Waals surface area contributed by atoms with E-state index < -0.39 is 0 Å². The van der Waals surface area contributed by atoms with Gasteiger partial charge in [-0.2, -0.15) is 0 Å². The van der Waals surface area contributed by atoms with Crippen LogP contribution in [0.1, 0.15) is 12.5 Å². The predicted octanol–water partition coefficient (Wildman–Crippen LogP) is 3.47. The molecule has 0 unspecified atom stereocenters. The lowest BCUT2D eigenvalue weighted by Crippen LogP contribution is -2.28. The lowest BCUT2D eigenvalue weighted by atomic mass is 10.2.